The van der Waals surface area contributed by atoms with Gasteiger partial charge in [-0.3, -0.25) is 0 Å². The molecule has 0 saturated carbocycles. The van der Waals surface area contributed by atoms with Crippen molar-refractivity contribution >= 4 is 27.3 Å². The number of rotatable bonds is 0. The van der Waals surface area contributed by atoms with Gasteiger partial charge in [-0.25, -0.2) is 4.52 Å². The highest BCUT2D eigenvalue weighted by molar-refractivity contribution is 5.99. The van der Waals surface area contributed by atoms with Gasteiger partial charge in [0.2, 0.25) is 0 Å². The predicted octanol–water partition coefficient (Wildman–Crippen LogP) is 3.04. The molecule has 0 aliphatic rings. The van der Waals surface area contributed by atoms with Gasteiger partial charge in [0.05, 0.1) is 16.6 Å². The maximum Gasteiger partial charge on any atom is 0.0968 e. The summed E-state index contributed by atoms with van der Waals surface area (Å²) in [5.74, 6) is 0. The number of benzene rings is 2. The monoisotopic (exact) mass is 219 g/mol. The molecule has 2 aromatic heterocycles. The first-order valence-corrected chi connectivity index (χ1v) is 5.55. The van der Waals surface area contributed by atoms with Gasteiger partial charge < -0.3 is 0 Å². The maximum absolute atomic E-state index is 4.26. The van der Waals surface area contributed by atoms with E-state index in [9.17, 15) is 0 Å². The van der Waals surface area contributed by atoms with Crippen LogP contribution in [-0.4, -0.2) is 14.8 Å². The Morgan fingerprint density at radius 3 is 2.65 bits per heavy atom. The molecule has 3 nitrogen and oxygen atoms in total. The maximum atomic E-state index is 4.26. The number of fused-ring (bicyclic) bond motifs is 5. The standard InChI is InChI=1S/C14H9N3/c1-4-8-13-10(5-1)9-14-11-6-2-3-7-12(11)15-16-17(13)14/h1-9H. The molecular weight excluding hydrogens is 210 g/mol. The van der Waals surface area contributed by atoms with E-state index in [4.69, 9.17) is 0 Å². The van der Waals surface area contributed by atoms with Gasteiger partial charge in [0.25, 0.3) is 0 Å². The van der Waals surface area contributed by atoms with Gasteiger partial charge >= 0.3 is 0 Å². The quantitative estimate of drug-likeness (QED) is 0.455. The van der Waals surface area contributed by atoms with Crippen LogP contribution in [0.15, 0.2) is 54.6 Å². The van der Waals surface area contributed by atoms with E-state index in [1.807, 2.05) is 34.8 Å². The SMILES string of the molecule is c1ccc2c(c1)cc1c3ccccc3nnn21. The molecule has 0 amide bonds. The summed E-state index contributed by atoms with van der Waals surface area (Å²) in [6.07, 6.45) is 0. The zero-order valence-electron chi connectivity index (χ0n) is 9.04. The van der Waals surface area contributed by atoms with Crippen LogP contribution in [0.25, 0.3) is 27.3 Å². The van der Waals surface area contributed by atoms with Crippen LogP contribution in [0.4, 0.5) is 0 Å². The van der Waals surface area contributed by atoms with E-state index in [0.717, 1.165) is 21.9 Å². The van der Waals surface area contributed by atoms with Gasteiger partial charge in [-0.2, -0.15) is 0 Å². The minimum atomic E-state index is 0.933. The summed E-state index contributed by atoms with van der Waals surface area (Å²) in [7, 11) is 0. The average Bonchev–Trinajstić information content (AvgIpc) is 2.78. The molecule has 0 saturated heterocycles. The number of para-hydroxylation sites is 1. The molecule has 3 heteroatoms. The van der Waals surface area contributed by atoms with Crippen LogP contribution in [0.5, 0.6) is 0 Å². The number of aromatic nitrogens is 3. The highest BCUT2D eigenvalue weighted by Crippen LogP contribution is 2.23. The second-order valence-corrected chi connectivity index (χ2v) is 4.11. The highest BCUT2D eigenvalue weighted by Gasteiger charge is 2.06. The van der Waals surface area contributed by atoms with Crippen LogP contribution in [0.1, 0.15) is 0 Å². The molecule has 0 atom stereocenters. The molecule has 0 aliphatic carbocycles. The van der Waals surface area contributed by atoms with Crippen molar-refractivity contribution in [1.29, 1.82) is 0 Å². The summed E-state index contributed by atoms with van der Waals surface area (Å²) in [5.41, 5.74) is 3.14. The van der Waals surface area contributed by atoms with E-state index in [0.29, 0.717) is 0 Å². The van der Waals surface area contributed by atoms with Gasteiger partial charge in [-0.15, -0.1) is 5.10 Å². The zero-order valence-corrected chi connectivity index (χ0v) is 9.04. The minimum Gasteiger partial charge on any atom is -0.214 e. The first kappa shape index (κ1) is 8.70. The number of hydrogen-bond donors (Lipinski definition) is 0. The van der Waals surface area contributed by atoms with E-state index in [2.05, 4.69) is 34.6 Å². The third-order valence-electron chi connectivity index (χ3n) is 3.11. The topological polar surface area (TPSA) is 30.2 Å². The van der Waals surface area contributed by atoms with E-state index in [1.54, 1.807) is 0 Å². The van der Waals surface area contributed by atoms with Crippen molar-refractivity contribution in [1.82, 2.24) is 14.8 Å². The van der Waals surface area contributed by atoms with E-state index in [1.165, 1.54) is 5.39 Å². The molecule has 2 heterocycles. The lowest BCUT2D eigenvalue weighted by molar-refractivity contribution is 0.855. The summed E-state index contributed by atoms with van der Waals surface area (Å²) in [6.45, 7) is 0. The van der Waals surface area contributed by atoms with Crippen LogP contribution in [0.2, 0.25) is 0 Å². The Morgan fingerprint density at radius 1 is 0.824 bits per heavy atom. The normalized spacial score (nSPS) is 11.5. The molecule has 4 rings (SSSR count). The molecule has 0 aliphatic heterocycles. The van der Waals surface area contributed by atoms with Crippen LogP contribution in [-0.2, 0) is 0 Å². The van der Waals surface area contributed by atoms with Crippen molar-refractivity contribution in [3.63, 3.8) is 0 Å². The van der Waals surface area contributed by atoms with Crippen molar-refractivity contribution in [3.05, 3.63) is 54.6 Å². The molecule has 0 unspecified atom stereocenters. The summed E-state index contributed by atoms with van der Waals surface area (Å²) in [6, 6.07) is 18.5. The lowest BCUT2D eigenvalue weighted by atomic mass is 10.2. The Hall–Kier alpha value is -2.42. The summed E-state index contributed by atoms with van der Waals surface area (Å²) in [5, 5.41) is 10.8. The predicted molar refractivity (Wildman–Crippen MR) is 68.0 cm³/mol. The van der Waals surface area contributed by atoms with Gasteiger partial charge in [0, 0.05) is 10.8 Å². The Labute approximate surface area is 97.3 Å². The third-order valence-corrected chi connectivity index (χ3v) is 3.11. The van der Waals surface area contributed by atoms with Crippen molar-refractivity contribution in [3.8, 4) is 0 Å². The first-order valence-electron chi connectivity index (χ1n) is 5.55. The average molecular weight is 219 g/mol. The van der Waals surface area contributed by atoms with Crippen molar-refractivity contribution in [2.75, 3.05) is 0 Å². The summed E-state index contributed by atoms with van der Waals surface area (Å²) < 4.78 is 1.90. The largest absolute Gasteiger partial charge is 0.214 e. The van der Waals surface area contributed by atoms with Crippen LogP contribution < -0.4 is 0 Å². The van der Waals surface area contributed by atoms with E-state index < -0.39 is 0 Å². The first-order chi connectivity index (χ1) is 8.43. The van der Waals surface area contributed by atoms with Gasteiger partial charge in [0.1, 0.15) is 0 Å². The van der Waals surface area contributed by atoms with Gasteiger partial charge in [-0.1, -0.05) is 41.6 Å². The second kappa shape index (κ2) is 3.04. The molecule has 4 aromatic rings. The van der Waals surface area contributed by atoms with Crippen LogP contribution in [0, 0.1) is 0 Å². The van der Waals surface area contributed by atoms with Gasteiger partial charge in [0.15, 0.2) is 0 Å². The lowest BCUT2D eigenvalue weighted by Gasteiger charge is -1.99. The van der Waals surface area contributed by atoms with Gasteiger partial charge in [-0.05, 0) is 18.2 Å². The smallest absolute Gasteiger partial charge is 0.0968 e. The minimum absolute atomic E-state index is 0.933. The van der Waals surface area contributed by atoms with Crippen LogP contribution in [0.3, 0.4) is 0 Å². The molecule has 0 fully saturated rings. The molecule has 0 spiro atoms. The molecule has 0 N–H and O–H groups in total. The third kappa shape index (κ3) is 1.11. The van der Waals surface area contributed by atoms with E-state index >= 15 is 0 Å². The fourth-order valence-electron chi connectivity index (χ4n) is 2.30. The molecule has 17 heavy (non-hydrogen) atoms. The molecular formula is C14H9N3. The Bertz CT molecular complexity index is 846. The molecule has 2 aromatic carbocycles. The fourth-order valence-corrected chi connectivity index (χ4v) is 2.30. The van der Waals surface area contributed by atoms with Crippen molar-refractivity contribution in [2.45, 2.75) is 0 Å². The second-order valence-electron chi connectivity index (χ2n) is 4.11. The zero-order chi connectivity index (χ0) is 11.2. The molecule has 0 bridgehead atoms. The number of hydrogen-bond acceptors (Lipinski definition) is 2. The van der Waals surface area contributed by atoms with Crippen molar-refractivity contribution < 1.29 is 0 Å². The molecule has 0 radical (unpaired) electrons. The number of nitrogens with zero attached hydrogens (tertiary/aromatic N) is 3. The summed E-state index contributed by atoms with van der Waals surface area (Å²) in [4.78, 5) is 0. The highest BCUT2D eigenvalue weighted by atomic mass is 15.4. The summed E-state index contributed by atoms with van der Waals surface area (Å²) >= 11 is 0. The van der Waals surface area contributed by atoms with Crippen LogP contribution >= 0.6 is 0 Å². The lowest BCUT2D eigenvalue weighted by Crippen LogP contribution is -1.95. The molecule has 80 valence electrons. The van der Waals surface area contributed by atoms with Crippen molar-refractivity contribution in [2.24, 2.45) is 0 Å². The fraction of sp³-hybridized carbons (Fsp3) is 0. The Morgan fingerprint density at radius 2 is 1.65 bits per heavy atom. The Balaban J connectivity index is 2.34. The van der Waals surface area contributed by atoms with E-state index in [-0.39, 0.29) is 0 Å². The Kier molecular flexibility index (Phi) is 1.56.